The standard InChI is InChI=1S/C26H24FN3O3S/c1-15(2)23(25(32)33)30-14-18-13-17(9-12-20(18)24(30)31)16-7-10-19(11-8-16)28-26(34)29-22-6-4-3-5-21(22)27/h3-13,15,23H,14H2,1-2H3,(H,32,33)(H2,28,29,34)/t23-/m0/s1. The van der Waals surface area contributed by atoms with Crippen molar-refractivity contribution in [1.82, 2.24) is 4.90 Å². The Bertz CT molecular complexity index is 1260. The predicted octanol–water partition coefficient (Wildman–Crippen LogP) is 5.37. The summed E-state index contributed by atoms with van der Waals surface area (Å²) in [6.07, 6.45) is 0. The molecule has 6 nitrogen and oxygen atoms in total. The minimum atomic E-state index is -0.998. The van der Waals surface area contributed by atoms with Gasteiger partial charge in [0.2, 0.25) is 0 Å². The number of hydrogen-bond donors (Lipinski definition) is 3. The van der Waals surface area contributed by atoms with Crippen molar-refractivity contribution in [3.63, 3.8) is 0 Å². The molecule has 0 spiro atoms. The molecule has 0 fully saturated rings. The van der Waals surface area contributed by atoms with E-state index in [9.17, 15) is 19.1 Å². The van der Waals surface area contributed by atoms with Gasteiger partial charge < -0.3 is 20.6 Å². The van der Waals surface area contributed by atoms with Crippen molar-refractivity contribution in [2.45, 2.75) is 26.4 Å². The second-order valence-electron chi connectivity index (χ2n) is 8.47. The third-order valence-electron chi connectivity index (χ3n) is 5.76. The minimum absolute atomic E-state index is 0.200. The molecule has 0 radical (unpaired) electrons. The van der Waals surface area contributed by atoms with Gasteiger partial charge in [0.1, 0.15) is 11.9 Å². The Morgan fingerprint density at radius 1 is 1.03 bits per heavy atom. The first kappa shape index (κ1) is 23.4. The summed E-state index contributed by atoms with van der Waals surface area (Å²) >= 11 is 5.27. The second kappa shape index (κ2) is 9.61. The Hall–Kier alpha value is -3.78. The van der Waals surface area contributed by atoms with Crippen molar-refractivity contribution in [3.05, 3.63) is 83.7 Å². The third kappa shape index (κ3) is 4.77. The average Bonchev–Trinajstić information content (AvgIpc) is 3.10. The number of para-hydroxylation sites is 1. The van der Waals surface area contributed by atoms with Crippen LogP contribution in [0.2, 0.25) is 0 Å². The minimum Gasteiger partial charge on any atom is -0.480 e. The van der Waals surface area contributed by atoms with E-state index < -0.39 is 17.8 Å². The van der Waals surface area contributed by atoms with Crippen molar-refractivity contribution in [1.29, 1.82) is 0 Å². The number of carboxylic acid groups (broad SMARTS) is 1. The van der Waals surface area contributed by atoms with Gasteiger partial charge in [-0.2, -0.15) is 0 Å². The first-order chi connectivity index (χ1) is 16.2. The van der Waals surface area contributed by atoms with Crippen LogP contribution < -0.4 is 10.6 Å². The number of anilines is 2. The summed E-state index contributed by atoms with van der Waals surface area (Å²) in [6.45, 7) is 3.87. The van der Waals surface area contributed by atoms with Crippen LogP contribution in [0.3, 0.4) is 0 Å². The van der Waals surface area contributed by atoms with Crippen LogP contribution >= 0.6 is 12.2 Å². The fraction of sp³-hybridized carbons (Fsp3) is 0.192. The van der Waals surface area contributed by atoms with E-state index in [0.29, 0.717) is 11.3 Å². The lowest BCUT2D eigenvalue weighted by Crippen LogP contribution is -2.44. The fourth-order valence-electron chi connectivity index (χ4n) is 4.12. The molecule has 1 atom stereocenters. The number of carboxylic acids is 1. The van der Waals surface area contributed by atoms with Gasteiger partial charge in [-0.1, -0.05) is 44.2 Å². The number of nitrogens with zero attached hydrogens (tertiary/aromatic N) is 1. The molecule has 34 heavy (non-hydrogen) atoms. The number of thiocarbonyl (C=S) groups is 1. The fourth-order valence-corrected chi connectivity index (χ4v) is 4.35. The number of aliphatic carboxylic acids is 1. The molecule has 3 N–H and O–H groups in total. The maximum atomic E-state index is 13.8. The molecule has 0 saturated heterocycles. The molecule has 1 heterocycles. The SMILES string of the molecule is CC(C)[C@@H](C(=O)O)N1Cc2cc(-c3ccc(NC(=S)Nc4ccccc4F)cc3)ccc2C1=O. The van der Waals surface area contributed by atoms with Crippen molar-refractivity contribution >= 4 is 40.6 Å². The number of benzene rings is 3. The summed E-state index contributed by atoms with van der Waals surface area (Å²) in [5.74, 6) is -1.84. The topological polar surface area (TPSA) is 81.7 Å². The monoisotopic (exact) mass is 477 g/mol. The van der Waals surface area contributed by atoms with E-state index in [1.165, 1.54) is 11.0 Å². The summed E-state index contributed by atoms with van der Waals surface area (Å²) in [5.41, 5.74) is 4.24. The maximum Gasteiger partial charge on any atom is 0.326 e. The summed E-state index contributed by atoms with van der Waals surface area (Å²) in [6, 6.07) is 18.5. The highest BCUT2D eigenvalue weighted by Crippen LogP contribution is 2.31. The van der Waals surface area contributed by atoms with Gasteiger partial charge in [0, 0.05) is 17.8 Å². The van der Waals surface area contributed by atoms with Crippen LogP contribution in [-0.2, 0) is 11.3 Å². The van der Waals surface area contributed by atoms with Crippen LogP contribution in [0.5, 0.6) is 0 Å². The molecule has 0 aliphatic carbocycles. The summed E-state index contributed by atoms with van der Waals surface area (Å²) in [4.78, 5) is 25.9. The molecule has 3 aromatic rings. The van der Waals surface area contributed by atoms with Gasteiger partial charge in [-0.05, 0) is 71.2 Å². The Balaban J connectivity index is 1.47. The summed E-state index contributed by atoms with van der Waals surface area (Å²) in [5, 5.41) is 15.7. The molecule has 8 heteroatoms. The van der Waals surface area contributed by atoms with Gasteiger partial charge in [0.15, 0.2) is 5.11 Å². The van der Waals surface area contributed by atoms with Gasteiger partial charge >= 0.3 is 5.97 Å². The van der Waals surface area contributed by atoms with Crippen molar-refractivity contribution < 1.29 is 19.1 Å². The number of carbonyl (C=O) groups excluding carboxylic acids is 1. The van der Waals surface area contributed by atoms with E-state index >= 15 is 0 Å². The Kier molecular flexibility index (Phi) is 6.61. The van der Waals surface area contributed by atoms with E-state index in [2.05, 4.69) is 10.6 Å². The number of fused-ring (bicyclic) bond motifs is 1. The highest BCUT2D eigenvalue weighted by atomic mass is 32.1. The normalized spacial score (nSPS) is 13.5. The molecule has 0 aromatic heterocycles. The number of rotatable bonds is 6. The molecule has 174 valence electrons. The molecule has 0 unspecified atom stereocenters. The van der Waals surface area contributed by atoms with Crippen LogP contribution in [0, 0.1) is 11.7 Å². The zero-order chi connectivity index (χ0) is 24.4. The van der Waals surface area contributed by atoms with Gasteiger partial charge in [-0.25, -0.2) is 9.18 Å². The Labute approximate surface area is 202 Å². The highest BCUT2D eigenvalue weighted by Gasteiger charge is 2.38. The van der Waals surface area contributed by atoms with Crippen molar-refractivity contribution in [3.8, 4) is 11.1 Å². The third-order valence-corrected chi connectivity index (χ3v) is 5.96. The van der Waals surface area contributed by atoms with Crippen LogP contribution in [0.15, 0.2) is 66.7 Å². The van der Waals surface area contributed by atoms with E-state index in [1.54, 1.807) is 38.1 Å². The molecule has 1 aliphatic rings. The Morgan fingerprint density at radius 2 is 1.71 bits per heavy atom. The molecule has 0 bridgehead atoms. The predicted molar refractivity (Wildman–Crippen MR) is 134 cm³/mol. The molecule has 4 rings (SSSR count). The van der Waals surface area contributed by atoms with E-state index in [4.69, 9.17) is 12.2 Å². The number of carbonyl (C=O) groups is 2. The molecule has 1 aliphatic heterocycles. The molecular weight excluding hydrogens is 453 g/mol. The lowest BCUT2D eigenvalue weighted by molar-refractivity contribution is -0.144. The largest absolute Gasteiger partial charge is 0.480 e. The quantitative estimate of drug-likeness (QED) is 0.415. The second-order valence-corrected chi connectivity index (χ2v) is 8.88. The van der Waals surface area contributed by atoms with Crippen LogP contribution in [0.1, 0.15) is 29.8 Å². The van der Waals surface area contributed by atoms with Gasteiger partial charge in [0.25, 0.3) is 5.91 Å². The zero-order valence-corrected chi connectivity index (χ0v) is 19.5. The van der Waals surface area contributed by atoms with E-state index in [0.717, 1.165) is 22.4 Å². The number of amides is 1. The molecule has 3 aromatic carbocycles. The molecule has 0 saturated carbocycles. The molecule has 1 amide bonds. The van der Waals surface area contributed by atoms with Gasteiger partial charge in [0.05, 0.1) is 5.69 Å². The van der Waals surface area contributed by atoms with Crippen molar-refractivity contribution in [2.24, 2.45) is 5.92 Å². The number of halogens is 1. The molecular formula is C26H24FN3O3S. The average molecular weight is 478 g/mol. The Morgan fingerprint density at radius 3 is 2.35 bits per heavy atom. The smallest absolute Gasteiger partial charge is 0.326 e. The van der Waals surface area contributed by atoms with E-state index in [1.807, 2.05) is 36.4 Å². The summed E-state index contributed by atoms with van der Waals surface area (Å²) in [7, 11) is 0. The lowest BCUT2D eigenvalue weighted by atomic mass is 10.0. The first-order valence-corrected chi connectivity index (χ1v) is 11.2. The lowest BCUT2D eigenvalue weighted by Gasteiger charge is -2.27. The van der Waals surface area contributed by atoms with Crippen LogP contribution in [0.25, 0.3) is 11.1 Å². The number of hydrogen-bond acceptors (Lipinski definition) is 3. The van der Waals surface area contributed by atoms with Crippen LogP contribution in [0.4, 0.5) is 15.8 Å². The van der Waals surface area contributed by atoms with Gasteiger partial charge in [-0.15, -0.1) is 0 Å². The first-order valence-electron chi connectivity index (χ1n) is 10.8. The maximum absolute atomic E-state index is 13.8. The van der Waals surface area contributed by atoms with E-state index in [-0.39, 0.29) is 23.5 Å². The van der Waals surface area contributed by atoms with Gasteiger partial charge in [-0.3, -0.25) is 4.79 Å². The van der Waals surface area contributed by atoms with Crippen molar-refractivity contribution in [2.75, 3.05) is 10.6 Å². The highest BCUT2D eigenvalue weighted by molar-refractivity contribution is 7.80. The number of nitrogens with one attached hydrogen (secondary N) is 2. The van der Waals surface area contributed by atoms with Crippen LogP contribution in [-0.4, -0.2) is 33.0 Å². The zero-order valence-electron chi connectivity index (χ0n) is 18.7. The summed E-state index contributed by atoms with van der Waals surface area (Å²) < 4.78 is 13.8.